The number of hydrogen-bond donors (Lipinski definition) is 1. The van der Waals surface area contributed by atoms with Gasteiger partial charge in [0.2, 0.25) is 0 Å². The molecule has 0 radical (unpaired) electrons. The molecule has 0 atom stereocenters. The van der Waals surface area contributed by atoms with Crippen LogP contribution in [0.2, 0.25) is 0 Å². The molecular formula is C13H16NO4-. The Morgan fingerprint density at radius 2 is 1.83 bits per heavy atom. The van der Waals surface area contributed by atoms with Crippen molar-refractivity contribution in [3.05, 3.63) is 28.8 Å². The van der Waals surface area contributed by atoms with E-state index >= 15 is 0 Å². The summed E-state index contributed by atoms with van der Waals surface area (Å²) in [5.74, 6) is -1.15. The van der Waals surface area contributed by atoms with Crippen molar-refractivity contribution in [2.75, 3.05) is 13.2 Å². The van der Waals surface area contributed by atoms with E-state index in [0.29, 0.717) is 5.75 Å². The Labute approximate surface area is 106 Å². The first-order chi connectivity index (χ1) is 8.41. The first-order valence-corrected chi connectivity index (χ1v) is 5.58. The molecular weight excluding hydrogens is 234 g/mol. The average Bonchev–Trinajstić information content (AvgIpc) is 2.31. The normalized spacial score (nSPS) is 9.94. The lowest BCUT2D eigenvalue weighted by Crippen LogP contribution is -2.39. The summed E-state index contributed by atoms with van der Waals surface area (Å²) in [6, 6.07) is 3.89. The number of aryl methyl sites for hydroxylation is 2. The van der Waals surface area contributed by atoms with Crippen molar-refractivity contribution in [1.82, 2.24) is 5.32 Å². The molecule has 1 rings (SSSR count). The Hall–Kier alpha value is -2.04. The summed E-state index contributed by atoms with van der Waals surface area (Å²) in [5.41, 5.74) is 2.99. The predicted molar refractivity (Wildman–Crippen MR) is 64.2 cm³/mol. The Bertz CT molecular complexity index is 468. The number of hydrogen-bond acceptors (Lipinski definition) is 4. The van der Waals surface area contributed by atoms with Gasteiger partial charge in [-0.1, -0.05) is 12.1 Å². The third-order valence-corrected chi connectivity index (χ3v) is 2.65. The minimum Gasteiger partial charge on any atom is -0.548 e. The van der Waals surface area contributed by atoms with Gasteiger partial charge in [-0.3, -0.25) is 4.79 Å². The highest BCUT2D eigenvalue weighted by molar-refractivity contribution is 5.81. The maximum absolute atomic E-state index is 11.3. The minimum atomic E-state index is -1.33. The zero-order valence-corrected chi connectivity index (χ0v) is 10.7. The van der Waals surface area contributed by atoms with Crippen LogP contribution in [0.4, 0.5) is 0 Å². The molecule has 0 fully saturated rings. The van der Waals surface area contributed by atoms with Crippen LogP contribution in [0.5, 0.6) is 5.75 Å². The number of carboxylic acid groups (broad SMARTS) is 1. The van der Waals surface area contributed by atoms with Gasteiger partial charge in [-0.25, -0.2) is 0 Å². The number of carbonyl (C=O) groups is 2. The number of aliphatic carboxylic acids is 1. The van der Waals surface area contributed by atoms with Crippen molar-refractivity contribution in [2.24, 2.45) is 0 Å². The molecule has 0 aliphatic carbocycles. The summed E-state index contributed by atoms with van der Waals surface area (Å²) in [6.07, 6.45) is 0. The second kappa shape index (κ2) is 6.05. The Morgan fingerprint density at radius 1 is 1.22 bits per heavy atom. The first-order valence-electron chi connectivity index (χ1n) is 5.58. The summed E-state index contributed by atoms with van der Waals surface area (Å²) in [7, 11) is 0. The fourth-order valence-electron chi connectivity index (χ4n) is 1.51. The molecule has 1 amide bonds. The van der Waals surface area contributed by atoms with Gasteiger partial charge in [0.25, 0.3) is 5.91 Å². The average molecular weight is 250 g/mol. The van der Waals surface area contributed by atoms with E-state index in [9.17, 15) is 14.7 Å². The molecule has 1 aromatic carbocycles. The highest BCUT2D eigenvalue weighted by atomic mass is 16.5. The topological polar surface area (TPSA) is 78.5 Å². The lowest BCUT2D eigenvalue weighted by molar-refractivity contribution is -0.304. The molecule has 0 aliphatic rings. The Kier molecular flexibility index (Phi) is 4.71. The maximum atomic E-state index is 11.3. The number of carboxylic acids is 1. The van der Waals surface area contributed by atoms with E-state index in [1.807, 2.05) is 32.9 Å². The van der Waals surface area contributed by atoms with Crippen LogP contribution in [0.3, 0.4) is 0 Å². The summed E-state index contributed by atoms with van der Waals surface area (Å²) in [5, 5.41) is 12.3. The number of ether oxygens (including phenoxy) is 1. The van der Waals surface area contributed by atoms with Gasteiger partial charge in [0.15, 0.2) is 6.61 Å². The van der Waals surface area contributed by atoms with E-state index in [2.05, 4.69) is 5.32 Å². The van der Waals surface area contributed by atoms with Crippen LogP contribution in [-0.4, -0.2) is 25.0 Å². The number of rotatable bonds is 5. The zero-order valence-electron chi connectivity index (χ0n) is 10.7. The van der Waals surface area contributed by atoms with Crippen LogP contribution < -0.4 is 15.2 Å². The number of benzene rings is 1. The fraction of sp³-hybridized carbons (Fsp3) is 0.385. The molecule has 0 bridgehead atoms. The predicted octanol–water partition coefficient (Wildman–Crippen LogP) is -0.143. The van der Waals surface area contributed by atoms with Crippen molar-refractivity contribution in [2.45, 2.75) is 20.8 Å². The monoisotopic (exact) mass is 250 g/mol. The third kappa shape index (κ3) is 3.76. The molecule has 0 aromatic heterocycles. The van der Waals surface area contributed by atoms with Crippen LogP contribution in [-0.2, 0) is 9.59 Å². The van der Waals surface area contributed by atoms with Gasteiger partial charge in [0.05, 0.1) is 12.5 Å². The summed E-state index contributed by atoms with van der Waals surface area (Å²) < 4.78 is 5.42. The lowest BCUT2D eigenvalue weighted by Gasteiger charge is -2.14. The first kappa shape index (κ1) is 14.0. The smallest absolute Gasteiger partial charge is 0.258 e. The van der Waals surface area contributed by atoms with E-state index in [1.54, 1.807) is 0 Å². The van der Waals surface area contributed by atoms with Crippen molar-refractivity contribution in [3.63, 3.8) is 0 Å². The van der Waals surface area contributed by atoms with E-state index < -0.39 is 18.4 Å². The van der Waals surface area contributed by atoms with Crippen molar-refractivity contribution in [1.29, 1.82) is 0 Å². The van der Waals surface area contributed by atoms with Crippen LogP contribution in [0.15, 0.2) is 12.1 Å². The standard InChI is InChI=1S/C13H17NO4/c1-8-4-5-9(2)13(10(8)3)18-7-11(15)14-6-12(16)17/h4-5H,6-7H2,1-3H3,(H,14,15)(H,16,17)/p-1. The quantitative estimate of drug-likeness (QED) is 0.788. The molecule has 98 valence electrons. The van der Waals surface area contributed by atoms with Gasteiger partial charge in [-0.05, 0) is 37.5 Å². The maximum Gasteiger partial charge on any atom is 0.258 e. The number of carbonyl (C=O) groups excluding carboxylic acids is 2. The van der Waals surface area contributed by atoms with Crippen molar-refractivity contribution in [3.8, 4) is 5.75 Å². The molecule has 1 aromatic rings. The van der Waals surface area contributed by atoms with Crippen molar-refractivity contribution >= 4 is 11.9 Å². The third-order valence-electron chi connectivity index (χ3n) is 2.65. The van der Waals surface area contributed by atoms with Gasteiger partial charge in [-0.15, -0.1) is 0 Å². The summed E-state index contributed by atoms with van der Waals surface area (Å²) >= 11 is 0. The number of nitrogens with one attached hydrogen (secondary N) is 1. The molecule has 0 saturated carbocycles. The summed E-state index contributed by atoms with van der Waals surface area (Å²) in [4.78, 5) is 21.5. The van der Waals surface area contributed by atoms with Gasteiger partial charge < -0.3 is 20.0 Å². The Morgan fingerprint density at radius 3 is 2.44 bits per heavy atom. The molecule has 5 heteroatoms. The molecule has 0 unspecified atom stereocenters. The minimum absolute atomic E-state index is 0.210. The lowest BCUT2D eigenvalue weighted by atomic mass is 10.1. The van der Waals surface area contributed by atoms with Gasteiger partial charge >= 0.3 is 0 Å². The summed E-state index contributed by atoms with van der Waals surface area (Å²) in [6.45, 7) is 5.04. The van der Waals surface area contributed by atoms with Crippen LogP contribution >= 0.6 is 0 Å². The van der Waals surface area contributed by atoms with Crippen molar-refractivity contribution < 1.29 is 19.4 Å². The zero-order chi connectivity index (χ0) is 13.7. The highest BCUT2D eigenvalue weighted by Gasteiger charge is 2.08. The van der Waals surface area contributed by atoms with Crippen LogP contribution in [0, 0.1) is 20.8 Å². The van der Waals surface area contributed by atoms with Gasteiger partial charge in [0, 0.05) is 0 Å². The second-order valence-electron chi connectivity index (χ2n) is 4.09. The molecule has 18 heavy (non-hydrogen) atoms. The van der Waals surface area contributed by atoms with E-state index in [4.69, 9.17) is 4.74 Å². The van der Waals surface area contributed by atoms with E-state index in [0.717, 1.165) is 16.7 Å². The van der Waals surface area contributed by atoms with Gasteiger partial charge in [0.1, 0.15) is 5.75 Å². The van der Waals surface area contributed by atoms with E-state index in [-0.39, 0.29) is 6.61 Å². The fourth-order valence-corrected chi connectivity index (χ4v) is 1.51. The molecule has 0 saturated heterocycles. The van der Waals surface area contributed by atoms with Crippen LogP contribution in [0.1, 0.15) is 16.7 Å². The van der Waals surface area contributed by atoms with Crippen LogP contribution in [0.25, 0.3) is 0 Å². The molecule has 0 heterocycles. The second-order valence-corrected chi connectivity index (χ2v) is 4.09. The highest BCUT2D eigenvalue weighted by Crippen LogP contribution is 2.25. The molecule has 0 spiro atoms. The molecule has 0 aliphatic heterocycles. The molecule has 5 nitrogen and oxygen atoms in total. The largest absolute Gasteiger partial charge is 0.548 e. The van der Waals surface area contributed by atoms with E-state index in [1.165, 1.54) is 0 Å². The SMILES string of the molecule is Cc1ccc(C)c(OCC(=O)NCC(=O)[O-])c1C. The number of amides is 1. The Balaban J connectivity index is 2.61. The molecule has 1 N–H and O–H groups in total. The van der Waals surface area contributed by atoms with Gasteiger partial charge in [-0.2, -0.15) is 0 Å².